The van der Waals surface area contributed by atoms with Gasteiger partial charge in [0.15, 0.2) is 0 Å². The molecular formula is C28H29F3N4O4. The zero-order valence-electron chi connectivity index (χ0n) is 21.8. The van der Waals surface area contributed by atoms with Crippen LogP contribution in [-0.2, 0) is 22.4 Å². The summed E-state index contributed by atoms with van der Waals surface area (Å²) in [5, 5.41) is 4.99. The monoisotopic (exact) mass is 542 g/mol. The first kappa shape index (κ1) is 26.7. The average Bonchev–Trinajstić information content (AvgIpc) is 3.35. The minimum Gasteiger partial charge on any atom is -0.340 e. The lowest BCUT2D eigenvalue weighted by Crippen LogP contribution is -2.59. The number of nitrogens with one attached hydrogen (secondary N) is 2. The van der Waals surface area contributed by atoms with Crippen molar-refractivity contribution >= 4 is 23.8 Å². The lowest BCUT2D eigenvalue weighted by Gasteiger charge is -2.43. The number of hydrogen-bond acceptors (Lipinski definition) is 4. The molecule has 8 nitrogen and oxygen atoms in total. The minimum atomic E-state index is -4.59. The smallest absolute Gasteiger partial charge is 0.340 e. The summed E-state index contributed by atoms with van der Waals surface area (Å²) in [6.45, 7) is 2.08. The van der Waals surface area contributed by atoms with E-state index in [-0.39, 0.29) is 18.4 Å². The molecule has 0 unspecified atom stereocenters. The Hall–Kier alpha value is -3.89. The Morgan fingerprint density at radius 2 is 1.82 bits per heavy atom. The van der Waals surface area contributed by atoms with Crippen molar-refractivity contribution in [3.05, 3.63) is 70.3 Å². The summed E-state index contributed by atoms with van der Waals surface area (Å²) in [6, 6.07) is 9.95. The quantitative estimate of drug-likeness (QED) is 0.581. The summed E-state index contributed by atoms with van der Waals surface area (Å²) in [5.74, 6) is -2.18. The van der Waals surface area contributed by atoms with Gasteiger partial charge in [-0.25, -0.2) is 4.79 Å². The van der Waals surface area contributed by atoms with Crippen LogP contribution < -0.4 is 10.6 Å². The average molecular weight is 543 g/mol. The normalized spacial score (nSPS) is 26.7. The van der Waals surface area contributed by atoms with Gasteiger partial charge in [-0.2, -0.15) is 13.2 Å². The number of urea groups is 1. The molecule has 2 saturated heterocycles. The van der Waals surface area contributed by atoms with Crippen molar-refractivity contribution in [2.75, 3.05) is 13.6 Å². The number of nitrogens with zero attached hydrogens (tertiary/aromatic N) is 2. The number of likely N-dealkylation sites (N-methyl/N-ethyl adjacent to an activating group) is 1. The molecule has 2 heterocycles. The molecule has 2 aromatic carbocycles. The number of halogens is 3. The third-order valence-electron chi connectivity index (χ3n) is 8.29. The topological polar surface area (TPSA) is 98.8 Å². The van der Waals surface area contributed by atoms with E-state index < -0.39 is 60.0 Å². The molecule has 0 saturated carbocycles. The van der Waals surface area contributed by atoms with Crippen molar-refractivity contribution in [3.8, 4) is 0 Å². The lowest BCUT2D eigenvalue weighted by atomic mass is 9.81. The highest BCUT2D eigenvalue weighted by Crippen LogP contribution is 2.38. The molecule has 1 spiro atoms. The van der Waals surface area contributed by atoms with Crippen LogP contribution in [0.1, 0.15) is 51.9 Å². The lowest BCUT2D eigenvalue weighted by molar-refractivity contribution is -0.170. The van der Waals surface area contributed by atoms with E-state index in [1.807, 2.05) is 31.2 Å². The highest BCUT2D eigenvalue weighted by atomic mass is 19.4. The number of rotatable bonds is 4. The van der Waals surface area contributed by atoms with Gasteiger partial charge >= 0.3 is 12.2 Å². The van der Waals surface area contributed by atoms with Gasteiger partial charge in [-0.05, 0) is 49.1 Å². The van der Waals surface area contributed by atoms with Gasteiger partial charge in [0.1, 0.15) is 18.1 Å². The summed E-state index contributed by atoms with van der Waals surface area (Å²) in [6.07, 6.45) is -3.90. The van der Waals surface area contributed by atoms with E-state index in [1.165, 1.54) is 4.90 Å². The summed E-state index contributed by atoms with van der Waals surface area (Å²) in [4.78, 5) is 53.3. The predicted octanol–water partition coefficient (Wildman–Crippen LogP) is 3.08. The molecule has 2 aromatic rings. The van der Waals surface area contributed by atoms with Gasteiger partial charge in [0, 0.05) is 37.4 Å². The van der Waals surface area contributed by atoms with Gasteiger partial charge in [-0.15, -0.1) is 0 Å². The minimum absolute atomic E-state index is 0.157. The second kappa shape index (κ2) is 9.39. The Balaban J connectivity index is 1.39. The predicted molar refractivity (Wildman–Crippen MR) is 135 cm³/mol. The summed E-state index contributed by atoms with van der Waals surface area (Å²) < 4.78 is 40.3. The maximum atomic E-state index is 13.4. The highest BCUT2D eigenvalue weighted by molar-refractivity contribution is 6.08. The molecule has 0 bridgehead atoms. The summed E-state index contributed by atoms with van der Waals surface area (Å²) in [7, 11) is 1.55. The van der Waals surface area contributed by atoms with Crippen LogP contribution in [0.3, 0.4) is 0 Å². The van der Waals surface area contributed by atoms with Crippen LogP contribution in [0, 0.1) is 6.92 Å². The molecule has 39 heavy (non-hydrogen) atoms. The maximum Gasteiger partial charge on any atom is 0.406 e. The van der Waals surface area contributed by atoms with Crippen LogP contribution in [0.5, 0.6) is 0 Å². The Morgan fingerprint density at radius 3 is 2.46 bits per heavy atom. The number of likely N-dealkylation sites (tertiary alicyclic amines) is 1. The molecule has 5 amide bonds. The molecule has 2 fully saturated rings. The third kappa shape index (κ3) is 4.74. The fourth-order valence-corrected chi connectivity index (χ4v) is 6.10. The molecule has 0 radical (unpaired) electrons. The van der Waals surface area contributed by atoms with E-state index in [4.69, 9.17) is 0 Å². The Labute approximate surface area is 223 Å². The number of amides is 5. The first-order valence-corrected chi connectivity index (χ1v) is 12.7. The van der Waals surface area contributed by atoms with Gasteiger partial charge in [0.25, 0.3) is 11.8 Å². The SMILES string of the molecule is Cc1cccc([C@@H]2C[C@H](NC(=O)c3ccc4c(c3)C[C@@]3(C4)C(=O)NC(=O)N3C)C(=O)N(CC(F)(F)F)[C@@H]2C)c1. The van der Waals surface area contributed by atoms with Crippen molar-refractivity contribution in [1.82, 2.24) is 20.4 Å². The van der Waals surface area contributed by atoms with Crippen molar-refractivity contribution in [2.45, 2.75) is 62.8 Å². The van der Waals surface area contributed by atoms with Crippen molar-refractivity contribution in [2.24, 2.45) is 0 Å². The number of alkyl halides is 3. The van der Waals surface area contributed by atoms with Crippen LogP contribution in [0.2, 0.25) is 0 Å². The van der Waals surface area contributed by atoms with Gasteiger partial charge in [-0.1, -0.05) is 35.9 Å². The zero-order chi connectivity index (χ0) is 28.3. The van der Waals surface area contributed by atoms with Crippen LogP contribution in [0.4, 0.5) is 18.0 Å². The highest BCUT2D eigenvalue weighted by Gasteiger charge is 2.54. The Bertz CT molecular complexity index is 1380. The second-order valence-electron chi connectivity index (χ2n) is 10.8. The molecular weight excluding hydrogens is 513 g/mol. The number of carbonyl (C=O) groups is 4. The molecule has 2 N–H and O–H groups in total. The fraction of sp³-hybridized carbons (Fsp3) is 0.429. The molecule has 2 aliphatic heterocycles. The first-order valence-electron chi connectivity index (χ1n) is 12.7. The van der Waals surface area contributed by atoms with Crippen LogP contribution in [0.15, 0.2) is 42.5 Å². The van der Waals surface area contributed by atoms with Crippen LogP contribution in [0.25, 0.3) is 0 Å². The first-order chi connectivity index (χ1) is 18.3. The van der Waals surface area contributed by atoms with Crippen molar-refractivity contribution in [3.63, 3.8) is 0 Å². The van der Waals surface area contributed by atoms with E-state index >= 15 is 0 Å². The van der Waals surface area contributed by atoms with E-state index in [9.17, 15) is 32.3 Å². The van der Waals surface area contributed by atoms with Gasteiger partial charge in [0.05, 0.1) is 0 Å². The molecule has 5 rings (SSSR count). The maximum absolute atomic E-state index is 13.4. The number of aryl methyl sites for hydroxylation is 1. The van der Waals surface area contributed by atoms with E-state index in [0.717, 1.165) is 27.2 Å². The van der Waals surface area contributed by atoms with Gasteiger partial charge in [-0.3, -0.25) is 19.7 Å². The van der Waals surface area contributed by atoms with Crippen LogP contribution in [-0.4, -0.2) is 70.9 Å². The molecule has 206 valence electrons. The van der Waals surface area contributed by atoms with Crippen molar-refractivity contribution < 1.29 is 32.3 Å². The zero-order valence-corrected chi connectivity index (χ0v) is 21.8. The van der Waals surface area contributed by atoms with E-state index in [0.29, 0.717) is 6.42 Å². The third-order valence-corrected chi connectivity index (χ3v) is 8.29. The molecule has 11 heteroatoms. The van der Waals surface area contributed by atoms with E-state index in [1.54, 1.807) is 32.2 Å². The van der Waals surface area contributed by atoms with Gasteiger partial charge < -0.3 is 15.1 Å². The van der Waals surface area contributed by atoms with Crippen LogP contribution >= 0.6 is 0 Å². The number of fused-ring (bicyclic) bond motifs is 1. The number of carbonyl (C=O) groups excluding carboxylic acids is 4. The van der Waals surface area contributed by atoms with Crippen molar-refractivity contribution in [1.29, 1.82) is 0 Å². The number of hydrogen-bond donors (Lipinski definition) is 2. The molecule has 0 aromatic heterocycles. The molecule has 3 aliphatic rings. The number of imide groups is 1. The van der Waals surface area contributed by atoms with Gasteiger partial charge in [0.2, 0.25) is 5.91 Å². The molecule has 1 aliphatic carbocycles. The standard InChI is InChI=1S/C28H29F3N4O4/c1-15-5-4-6-17(9-15)21-11-22(24(37)35(16(21)2)14-28(29,30)31)32-23(36)18-7-8-19-12-27(13-20(19)10-18)25(38)33-26(39)34(27)3/h4-10,16,21-22H,11-14H2,1-3H3,(H,32,36)(H,33,38,39)/t16-,21-,22+,27+/m1/s1. The second-order valence-corrected chi connectivity index (χ2v) is 10.8. The largest absolute Gasteiger partial charge is 0.406 e. The summed E-state index contributed by atoms with van der Waals surface area (Å²) in [5.41, 5.74) is 2.46. The Kier molecular flexibility index (Phi) is 6.43. The van der Waals surface area contributed by atoms with E-state index in [2.05, 4.69) is 10.6 Å². The number of benzene rings is 2. The molecule has 4 atom stereocenters. The summed E-state index contributed by atoms with van der Waals surface area (Å²) >= 11 is 0. The fourth-order valence-electron chi connectivity index (χ4n) is 6.10. The Morgan fingerprint density at radius 1 is 1.10 bits per heavy atom. The number of piperidine rings is 1.